The summed E-state index contributed by atoms with van der Waals surface area (Å²) in [5, 5.41) is 3.43. The van der Waals surface area contributed by atoms with E-state index in [1.165, 1.54) is 25.7 Å². The smallest absolute Gasteiger partial charge is 0.222 e. The van der Waals surface area contributed by atoms with Gasteiger partial charge in [0.1, 0.15) is 0 Å². The van der Waals surface area contributed by atoms with Gasteiger partial charge in [0.25, 0.3) is 0 Å². The topological polar surface area (TPSA) is 32.3 Å². The minimum Gasteiger partial charge on any atom is -0.341 e. The summed E-state index contributed by atoms with van der Waals surface area (Å²) in [7, 11) is 2.04. The first-order valence-corrected chi connectivity index (χ1v) is 7.19. The number of likely N-dealkylation sites (tertiary alicyclic amines) is 1. The van der Waals surface area contributed by atoms with Gasteiger partial charge in [-0.2, -0.15) is 0 Å². The number of hydrogen-bond acceptors (Lipinski definition) is 2. The summed E-state index contributed by atoms with van der Waals surface area (Å²) in [6, 6.07) is 0.511. The number of likely N-dealkylation sites (N-methyl/N-ethyl adjacent to an activating group) is 1. The molecule has 98 valence electrons. The van der Waals surface area contributed by atoms with Crippen LogP contribution in [0.2, 0.25) is 0 Å². The summed E-state index contributed by atoms with van der Waals surface area (Å²) in [6.07, 6.45) is 7.33. The molecular formula is C14H26N2O. The van der Waals surface area contributed by atoms with Crippen molar-refractivity contribution < 1.29 is 4.79 Å². The molecule has 1 amide bonds. The van der Waals surface area contributed by atoms with Crippen LogP contribution in [0.3, 0.4) is 0 Å². The minimum absolute atomic E-state index is 0.370. The average molecular weight is 238 g/mol. The molecule has 3 nitrogen and oxygen atoms in total. The Morgan fingerprint density at radius 3 is 2.65 bits per heavy atom. The lowest BCUT2D eigenvalue weighted by Gasteiger charge is -2.28. The summed E-state index contributed by atoms with van der Waals surface area (Å²) in [5.74, 6) is 1.76. The molecule has 0 aromatic carbocycles. The second kappa shape index (κ2) is 5.85. The maximum atomic E-state index is 11.9. The van der Waals surface area contributed by atoms with Gasteiger partial charge in [0, 0.05) is 25.6 Å². The fraction of sp³-hybridized carbons (Fsp3) is 0.929. The minimum atomic E-state index is 0.370. The Hall–Kier alpha value is -0.570. The van der Waals surface area contributed by atoms with Gasteiger partial charge in [0.05, 0.1) is 0 Å². The molecule has 2 rings (SSSR count). The van der Waals surface area contributed by atoms with Gasteiger partial charge in [-0.15, -0.1) is 0 Å². The predicted octanol–water partition coefficient (Wildman–Crippen LogP) is 2.02. The molecule has 3 heteroatoms. The maximum absolute atomic E-state index is 11.9. The van der Waals surface area contributed by atoms with E-state index >= 15 is 0 Å². The van der Waals surface area contributed by atoms with Crippen molar-refractivity contribution in [2.24, 2.45) is 11.8 Å². The highest BCUT2D eigenvalue weighted by Gasteiger charge is 2.32. The highest BCUT2D eigenvalue weighted by molar-refractivity contribution is 5.78. The van der Waals surface area contributed by atoms with E-state index in [2.05, 4.69) is 17.1 Å². The van der Waals surface area contributed by atoms with E-state index in [1.807, 2.05) is 7.05 Å². The maximum Gasteiger partial charge on any atom is 0.222 e. The molecule has 1 N–H and O–H groups in total. The first kappa shape index (κ1) is 12.9. The number of amides is 1. The Balaban J connectivity index is 1.87. The molecule has 2 unspecified atom stereocenters. The van der Waals surface area contributed by atoms with Crippen LogP contribution < -0.4 is 5.32 Å². The van der Waals surface area contributed by atoms with Crippen molar-refractivity contribution in [2.45, 2.75) is 51.5 Å². The lowest BCUT2D eigenvalue weighted by Crippen LogP contribution is -2.44. The van der Waals surface area contributed by atoms with Gasteiger partial charge < -0.3 is 10.2 Å². The number of carbonyl (C=O) groups is 1. The molecule has 1 aliphatic heterocycles. The van der Waals surface area contributed by atoms with E-state index in [1.54, 1.807) is 0 Å². The third kappa shape index (κ3) is 3.01. The molecule has 0 aromatic heterocycles. The predicted molar refractivity (Wildman–Crippen MR) is 69.8 cm³/mol. The quantitative estimate of drug-likeness (QED) is 0.795. The van der Waals surface area contributed by atoms with E-state index in [0.29, 0.717) is 17.9 Å². The summed E-state index contributed by atoms with van der Waals surface area (Å²) in [4.78, 5) is 14.0. The standard InChI is InChI=1S/C14H26N2O/c1-3-11-8-14(17)16(9-11)10-13(15-2)12-6-4-5-7-12/h11-13,15H,3-10H2,1-2H3. The van der Waals surface area contributed by atoms with E-state index in [9.17, 15) is 4.79 Å². The van der Waals surface area contributed by atoms with Gasteiger partial charge in [0.2, 0.25) is 5.91 Å². The third-order valence-electron chi connectivity index (χ3n) is 4.63. The highest BCUT2D eigenvalue weighted by atomic mass is 16.2. The number of hydrogen-bond donors (Lipinski definition) is 1. The van der Waals surface area contributed by atoms with Crippen molar-refractivity contribution in [3.05, 3.63) is 0 Å². The van der Waals surface area contributed by atoms with Gasteiger partial charge in [-0.05, 0) is 31.7 Å². The number of rotatable bonds is 5. The molecule has 2 fully saturated rings. The highest BCUT2D eigenvalue weighted by Crippen LogP contribution is 2.29. The molecule has 1 saturated heterocycles. The second-order valence-electron chi connectivity index (χ2n) is 5.72. The van der Waals surface area contributed by atoms with Gasteiger partial charge in [-0.3, -0.25) is 4.79 Å². The van der Waals surface area contributed by atoms with E-state index in [4.69, 9.17) is 0 Å². The molecular weight excluding hydrogens is 212 g/mol. The monoisotopic (exact) mass is 238 g/mol. The lowest BCUT2D eigenvalue weighted by molar-refractivity contribution is -0.128. The molecule has 1 heterocycles. The van der Waals surface area contributed by atoms with Crippen LogP contribution in [0.25, 0.3) is 0 Å². The zero-order valence-electron chi connectivity index (χ0n) is 11.2. The Labute approximate surface area is 105 Å². The molecule has 1 saturated carbocycles. The van der Waals surface area contributed by atoms with E-state index < -0.39 is 0 Å². The Morgan fingerprint density at radius 2 is 2.12 bits per heavy atom. The molecule has 17 heavy (non-hydrogen) atoms. The third-order valence-corrected chi connectivity index (χ3v) is 4.63. The van der Waals surface area contributed by atoms with Crippen molar-refractivity contribution in [3.8, 4) is 0 Å². The van der Waals surface area contributed by atoms with Crippen LogP contribution in [0.1, 0.15) is 45.4 Å². The van der Waals surface area contributed by atoms with Crippen LogP contribution in [0, 0.1) is 11.8 Å². The lowest BCUT2D eigenvalue weighted by atomic mass is 9.98. The van der Waals surface area contributed by atoms with Crippen molar-refractivity contribution in [1.82, 2.24) is 10.2 Å². The van der Waals surface area contributed by atoms with Crippen molar-refractivity contribution in [2.75, 3.05) is 20.1 Å². The van der Waals surface area contributed by atoms with Crippen molar-refractivity contribution >= 4 is 5.91 Å². The molecule has 2 atom stereocenters. The number of nitrogens with one attached hydrogen (secondary N) is 1. The number of carbonyl (C=O) groups excluding carboxylic acids is 1. The Bertz CT molecular complexity index is 261. The largest absolute Gasteiger partial charge is 0.341 e. The molecule has 0 aromatic rings. The molecule has 0 spiro atoms. The van der Waals surface area contributed by atoms with E-state index in [-0.39, 0.29) is 0 Å². The SMILES string of the molecule is CCC1CC(=O)N(CC(NC)C2CCCC2)C1. The fourth-order valence-electron chi connectivity index (χ4n) is 3.38. The van der Waals surface area contributed by atoms with Gasteiger partial charge in [0.15, 0.2) is 0 Å². The molecule has 0 radical (unpaired) electrons. The second-order valence-corrected chi connectivity index (χ2v) is 5.72. The van der Waals surface area contributed by atoms with Crippen LogP contribution >= 0.6 is 0 Å². The van der Waals surface area contributed by atoms with Gasteiger partial charge >= 0.3 is 0 Å². The molecule has 0 bridgehead atoms. The fourth-order valence-corrected chi connectivity index (χ4v) is 3.38. The van der Waals surface area contributed by atoms with Gasteiger partial charge in [-0.1, -0.05) is 26.2 Å². The summed E-state index contributed by atoms with van der Waals surface area (Å²) < 4.78 is 0. The van der Waals surface area contributed by atoms with Crippen LogP contribution in [0.15, 0.2) is 0 Å². The normalized spacial score (nSPS) is 28.0. The summed E-state index contributed by atoms with van der Waals surface area (Å²) >= 11 is 0. The van der Waals surface area contributed by atoms with Crippen LogP contribution in [0.4, 0.5) is 0 Å². The molecule has 2 aliphatic rings. The number of nitrogens with zero attached hydrogens (tertiary/aromatic N) is 1. The summed E-state index contributed by atoms with van der Waals surface area (Å²) in [6.45, 7) is 4.10. The van der Waals surface area contributed by atoms with Crippen molar-refractivity contribution in [1.29, 1.82) is 0 Å². The van der Waals surface area contributed by atoms with Gasteiger partial charge in [-0.25, -0.2) is 0 Å². The zero-order chi connectivity index (χ0) is 12.3. The van der Waals surface area contributed by atoms with Crippen molar-refractivity contribution in [3.63, 3.8) is 0 Å². The summed E-state index contributed by atoms with van der Waals surface area (Å²) in [5.41, 5.74) is 0. The van der Waals surface area contributed by atoms with Crippen LogP contribution in [-0.4, -0.2) is 37.0 Å². The van der Waals surface area contributed by atoms with Crippen LogP contribution in [0.5, 0.6) is 0 Å². The molecule has 1 aliphatic carbocycles. The Kier molecular flexibility index (Phi) is 4.43. The zero-order valence-corrected chi connectivity index (χ0v) is 11.2. The van der Waals surface area contributed by atoms with E-state index in [0.717, 1.165) is 31.8 Å². The van der Waals surface area contributed by atoms with Crippen LogP contribution in [-0.2, 0) is 4.79 Å². The average Bonchev–Trinajstić information content (AvgIpc) is 2.96. The Morgan fingerprint density at radius 1 is 1.41 bits per heavy atom. The first-order chi connectivity index (χ1) is 8.24. The first-order valence-electron chi connectivity index (χ1n) is 7.19.